The first kappa shape index (κ1) is 13.7. The number of amides is 2. The molecule has 1 saturated heterocycles. The van der Waals surface area contributed by atoms with Crippen LogP contribution < -0.4 is 10.2 Å². The molecule has 1 atom stereocenters. The summed E-state index contributed by atoms with van der Waals surface area (Å²) in [6.07, 6.45) is 0.296. The van der Waals surface area contributed by atoms with Gasteiger partial charge in [0.05, 0.1) is 17.3 Å². The monoisotopic (exact) mass is 288 g/mol. The minimum Gasteiger partial charge on any atom is -0.345 e. The molecule has 0 bridgehead atoms. The van der Waals surface area contributed by atoms with E-state index in [0.29, 0.717) is 12.5 Å². The fourth-order valence-corrected chi connectivity index (χ4v) is 2.36. The van der Waals surface area contributed by atoms with Crippen LogP contribution in [0.1, 0.15) is 13.3 Å². The maximum absolute atomic E-state index is 13.9. The van der Waals surface area contributed by atoms with Crippen molar-refractivity contribution in [3.05, 3.63) is 28.8 Å². The lowest BCUT2D eigenvalue weighted by molar-refractivity contribution is -0.131. The number of hydrogen-bond acceptors (Lipinski definition) is 2. The third kappa shape index (κ3) is 2.40. The van der Waals surface area contributed by atoms with Gasteiger partial charge in [0.1, 0.15) is 11.9 Å². The highest BCUT2D eigenvalue weighted by Gasteiger charge is 2.36. The summed E-state index contributed by atoms with van der Waals surface area (Å²) in [6, 6.07) is 0.693. The van der Waals surface area contributed by atoms with Gasteiger partial charge in [-0.1, -0.05) is 18.5 Å². The highest BCUT2D eigenvalue weighted by atomic mass is 35.5. The second-order valence-electron chi connectivity index (χ2n) is 4.12. The molecule has 1 aliphatic heterocycles. The van der Waals surface area contributed by atoms with Gasteiger partial charge >= 0.3 is 0 Å². The summed E-state index contributed by atoms with van der Waals surface area (Å²) in [5.74, 6) is -2.68. The Balaban J connectivity index is 2.54. The van der Waals surface area contributed by atoms with E-state index in [2.05, 4.69) is 5.32 Å². The van der Waals surface area contributed by atoms with Crippen LogP contribution in [0.5, 0.6) is 0 Å². The lowest BCUT2D eigenvalue weighted by atomic mass is 10.1. The lowest BCUT2D eigenvalue weighted by Crippen LogP contribution is -2.58. The highest BCUT2D eigenvalue weighted by molar-refractivity contribution is 6.34. The van der Waals surface area contributed by atoms with Gasteiger partial charge in [-0.25, -0.2) is 8.78 Å². The molecular formula is C12H11ClF2N2O2. The van der Waals surface area contributed by atoms with Crippen LogP contribution in [0.3, 0.4) is 0 Å². The van der Waals surface area contributed by atoms with Gasteiger partial charge in [-0.3, -0.25) is 14.5 Å². The summed E-state index contributed by atoms with van der Waals surface area (Å²) in [4.78, 5) is 24.6. The van der Waals surface area contributed by atoms with Crippen molar-refractivity contribution in [2.75, 3.05) is 11.4 Å². The molecule has 0 aromatic heterocycles. The first-order chi connectivity index (χ1) is 8.95. The van der Waals surface area contributed by atoms with Gasteiger partial charge in [-0.2, -0.15) is 0 Å². The van der Waals surface area contributed by atoms with Gasteiger partial charge in [0.25, 0.3) is 0 Å². The molecular weight excluding hydrogens is 278 g/mol. The molecule has 102 valence electrons. The van der Waals surface area contributed by atoms with Crippen LogP contribution in [0, 0.1) is 11.6 Å². The number of nitrogens with zero attached hydrogens (tertiary/aromatic N) is 1. The predicted molar refractivity (Wildman–Crippen MR) is 65.9 cm³/mol. The molecule has 4 nitrogen and oxygen atoms in total. The number of nitrogens with one attached hydrogen (secondary N) is 1. The largest absolute Gasteiger partial charge is 0.345 e. The number of rotatable bonds is 2. The highest BCUT2D eigenvalue weighted by Crippen LogP contribution is 2.33. The fraction of sp³-hybridized carbons (Fsp3) is 0.333. The Morgan fingerprint density at radius 1 is 1.42 bits per heavy atom. The van der Waals surface area contributed by atoms with Crippen molar-refractivity contribution in [3.63, 3.8) is 0 Å². The summed E-state index contributed by atoms with van der Waals surface area (Å²) in [7, 11) is 0. The van der Waals surface area contributed by atoms with E-state index in [4.69, 9.17) is 11.6 Å². The summed E-state index contributed by atoms with van der Waals surface area (Å²) in [5, 5.41) is 2.18. The number of carbonyl (C=O) groups excluding carboxylic acids is 2. The maximum atomic E-state index is 13.9. The van der Waals surface area contributed by atoms with Crippen molar-refractivity contribution in [2.45, 2.75) is 19.4 Å². The van der Waals surface area contributed by atoms with Crippen molar-refractivity contribution < 1.29 is 18.4 Å². The average molecular weight is 289 g/mol. The lowest BCUT2D eigenvalue weighted by Gasteiger charge is -2.34. The van der Waals surface area contributed by atoms with Crippen molar-refractivity contribution in [1.82, 2.24) is 5.32 Å². The SMILES string of the molecule is CCC1C(=O)NCC(=O)N1c1c(F)cc(F)cc1Cl. The fourth-order valence-electron chi connectivity index (χ4n) is 2.07. The molecule has 1 N–H and O–H groups in total. The third-order valence-corrected chi connectivity index (χ3v) is 3.19. The molecule has 1 aromatic rings. The molecule has 0 radical (unpaired) electrons. The molecule has 2 rings (SSSR count). The van der Waals surface area contributed by atoms with Gasteiger partial charge < -0.3 is 5.32 Å². The van der Waals surface area contributed by atoms with Gasteiger partial charge in [0, 0.05) is 6.07 Å². The molecule has 0 aliphatic carbocycles. The van der Waals surface area contributed by atoms with Gasteiger partial charge in [-0.15, -0.1) is 0 Å². The first-order valence-corrected chi connectivity index (χ1v) is 6.07. The molecule has 1 heterocycles. The van der Waals surface area contributed by atoms with Gasteiger partial charge in [0.2, 0.25) is 11.8 Å². The number of halogens is 3. The molecule has 1 fully saturated rings. The van der Waals surface area contributed by atoms with Gasteiger partial charge in [0.15, 0.2) is 5.82 Å². The zero-order valence-corrected chi connectivity index (χ0v) is 10.8. The Morgan fingerprint density at radius 3 is 2.68 bits per heavy atom. The van der Waals surface area contributed by atoms with E-state index in [-0.39, 0.29) is 23.2 Å². The second-order valence-corrected chi connectivity index (χ2v) is 4.53. The van der Waals surface area contributed by atoms with Gasteiger partial charge in [-0.05, 0) is 12.5 Å². The minimum absolute atomic E-state index is 0.234. The molecule has 0 spiro atoms. The average Bonchev–Trinajstić information content (AvgIpc) is 2.32. The van der Waals surface area contributed by atoms with Crippen LogP contribution in [0.4, 0.5) is 14.5 Å². The minimum atomic E-state index is -0.966. The number of piperazine rings is 1. The van der Waals surface area contributed by atoms with E-state index in [9.17, 15) is 18.4 Å². The standard InChI is InChI=1S/C12H11ClF2N2O2/c1-2-9-12(19)16-5-10(18)17(9)11-7(13)3-6(14)4-8(11)15/h3-4,9H,2,5H2,1H3,(H,16,19). The Morgan fingerprint density at radius 2 is 2.11 bits per heavy atom. The molecule has 0 saturated carbocycles. The summed E-state index contributed by atoms with van der Waals surface area (Å²) >= 11 is 5.80. The molecule has 1 aromatic carbocycles. The van der Waals surface area contributed by atoms with Crippen LogP contribution in [-0.4, -0.2) is 24.4 Å². The van der Waals surface area contributed by atoms with Crippen LogP contribution in [0.25, 0.3) is 0 Å². The van der Waals surface area contributed by atoms with E-state index < -0.39 is 23.6 Å². The molecule has 1 unspecified atom stereocenters. The zero-order chi connectivity index (χ0) is 14.2. The predicted octanol–water partition coefficient (Wildman–Crippen LogP) is 1.86. The Bertz CT molecular complexity index is 528. The normalized spacial score (nSPS) is 19.6. The number of hydrogen-bond donors (Lipinski definition) is 1. The van der Waals surface area contributed by atoms with Crippen LogP contribution >= 0.6 is 11.6 Å². The maximum Gasteiger partial charge on any atom is 0.247 e. The van der Waals surface area contributed by atoms with Crippen molar-refractivity contribution in [3.8, 4) is 0 Å². The smallest absolute Gasteiger partial charge is 0.247 e. The van der Waals surface area contributed by atoms with Crippen LogP contribution in [0.2, 0.25) is 5.02 Å². The van der Waals surface area contributed by atoms with Crippen molar-refractivity contribution >= 4 is 29.1 Å². The summed E-state index contributed by atoms with van der Waals surface area (Å²) in [6.45, 7) is 1.45. The summed E-state index contributed by atoms with van der Waals surface area (Å²) < 4.78 is 26.9. The van der Waals surface area contributed by atoms with E-state index >= 15 is 0 Å². The Kier molecular flexibility index (Phi) is 3.71. The number of carbonyl (C=O) groups is 2. The van der Waals surface area contributed by atoms with Crippen LogP contribution in [-0.2, 0) is 9.59 Å². The molecule has 1 aliphatic rings. The Hall–Kier alpha value is -1.69. The number of benzene rings is 1. The van der Waals surface area contributed by atoms with E-state index in [1.165, 1.54) is 0 Å². The zero-order valence-electron chi connectivity index (χ0n) is 10.0. The molecule has 7 heteroatoms. The topological polar surface area (TPSA) is 49.4 Å². The first-order valence-electron chi connectivity index (χ1n) is 5.70. The third-order valence-electron chi connectivity index (χ3n) is 2.91. The van der Waals surface area contributed by atoms with Crippen LogP contribution in [0.15, 0.2) is 12.1 Å². The summed E-state index contributed by atoms with van der Waals surface area (Å²) in [5.41, 5.74) is -0.255. The van der Waals surface area contributed by atoms with E-state index in [1.807, 2.05) is 0 Å². The van der Waals surface area contributed by atoms with Crippen molar-refractivity contribution in [2.24, 2.45) is 0 Å². The molecule has 2 amide bonds. The molecule has 19 heavy (non-hydrogen) atoms. The van der Waals surface area contributed by atoms with E-state index in [0.717, 1.165) is 11.0 Å². The Labute approximate surface area is 113 Å². The quantitative estimate of drug-likeness (QED) is 0.903. The van der Waals surface area contributed by atoms with Crippen molar-refractivity contribution in [1.29, 1.82) is 0 Å². The van der Waals surface area contributed by atoms with E-state index in [1.54, 1.807) is 6.92 Å². The number of anilines is 1. The second kappa shape index (κ2) is 5.13.